The lowest BCUT2D eigenvalue weighted by Gasteiger charge is -2.22. The fraction of sp³-hybridized carbons (Fsp3) is 0.383. The molecule has 6 saturated heterocycles. The number of fused-ring (bicyclic) bond motifs is 7. The van der Waals surface area contributed by atoms with Crippen LogP contribution in [0.1, 0.15) is 166 Å². The predicted octanol–water partition coefficient (Wildman–Crippen LogP) is 11.7. The number of aromatic amines is 1. The number of thioether (sulfide) groups is 1. The maximum atomic E-state index is 6.25. The summed E-state index contributed by atoms with van der Waals surface area (Å²) in [5.41, 5.74) is 58.2. The number of piperidine rings is 6. The van der Waals surface area contributed by atoms with Crippen molar-refractivity contribution in [3.63, 3.8) is 0 Å². The molecule has 0 saturated carbocycles. The van der Waals surface area contributed by atoms with Gasteiger partial charge >= 0.3 is 0 Å². The van der Waals surface area contributed by atoms with Crippen LogP contribution in [0.25, 0.3) is 99.6 Å². The lowest BCUT2D eigenvalue weighted by Crippen LogP contribution is -2.29. The van der Waals surface area contributed by atoms with E-state index in [1.807, 2.05) is 110 Å². The maximum absolute atomic E-state index is 6.25. The summed E-state index contributed by atoms with van der Waals surface area (Å²) in [6, 6.07) is 19.4. The number of ether oxygens (including phenoxy) is 2. The average Bonchev–Trinajstić information content (AvgIpc) is 1.57. The highest BCUT2D eigenvalue weighted by Crippen LogP contribution is 2.41. The van der Waals surface area contributed by atoms with Crippen molar-refractivity contribution in [1.82, 2.24) is 155 Å². The van der Waals surface area contributed by atoms with Crippen molar-refractivity contribution in [3.8, 4) is 77.2 Å². The first-order valence-electron chi connectivity index (χ1n) is 46.7. The van der Waals surface area contributed by atoms with Crippen LogP contribution in [0.15, 0.2) is 157 Å². The number of thiazole rings is 2. The highest BCUT2D eigenvalue weighted by molar-refractivity contribution is 7.98. The summed E-state index contributed by atoms with van der Waals surface area (Å²) < 4.78 is 26.4. The standard InChI is InChI=1S/C18H24N6S.C18H19N5O2.C16H19N7S.C14H17N7.C14H16N6O.C14H16N6S/c1-11(2)6-17-21-10-15(25-17)13-9-22-24-16(19)7-14(23-18(13)24)12-4-3-5-20-8-12;19-17-7-14(12-2-1-5-20-8-12)22-18-13(9-21-23(17)18)11-3-4-15-16(6-11)25-10-24-15;1-24-16-19-7-11(8-20-16)12-9-21-23-14(17)5-13(22-15(12)23)10-3-2-4-18-6-10;15-13-6-12(9-2-1-4-16-7-9)19-14-10(8-18-21(13)14)11-3-5-17-20-11;2*15-13-4-11(9-2-1-3-16-5-9)19-14-10(6-18-20(13)14)12-7-17-8-21-12/h7,9-12,20H,3-6,8,19H2,1-2H3;3-4,6-7,9,12,20H,1-2,5,8,10,19H2;5,7-10,18H,2-4,6,17H2,1H3;3,5-6,8-9,16H,1-2,4,7,15H2,(H,17,20);2*4,6-9,16H,1-3,5,15H2. The second-order valence-electron chi connectivity index (χ2n) is 35.6. The quantitative estimate of drug-likeness (QED) is 0.0335. The molecule has 18 aromatic rings. The Hall–Kier alpha value is -13.8. The van der Waals surface area contributed by atoms with E-state index in [-0.39, 0.29) is 6.79 Å². The Kier molecular flexibility index (Phi) is 27.5. The van der Waals surface area contributed by atoms with Gasteiger partial charge in [-0.25, -0.2) is 49.8 Å². The van der Waals surface area contributed by atoms with E-state index in [9.17, 15) is 0 Å². The molecular weight excluding hydrogens is 1790 g/mol. The molecule has 17 aromatic heterocycles. The number of aromatic nitrogens is 25. The van der Waals surface area contributed by atoms with Crippen molar-refractivity contribution in [2.45, 2.75) is 138 Å². The molecule has 0 amide bonds. The van der Waals surface area contributed by atoms with Crippen molar-refractivity contribution in [2.75, 3.05) is 126 Å². The third kappa shape index (κ3) is 20.0. The number of rotatable bonds is 15. The van der Waals surface area contributed by atoms with Crippen molar-refractivity contribution in [3.05, 3.63) is 186 Å². The number of H-pyrrole nitrogens is 1. The summed E-state index contributed by atoms with van der Waals surface area (Å²) in [5.74, 6) is 8.89. The van der Waals surface area contributed by atoms with Crippen LogP contribution in [0.5, 0.6) is 11.5 Å². The molecule has 0 radical (unpaired) electrons. The van der Waals surface area contributed by atoms with Crippen LogP contribution in [0.4, 0.5) is 34.9 Å². The topological polar surface area (TPSA) is 534 Å². The average molecular weight is 1900 g/mol. The van der Waals surface area contributed by atoms with Crippen LogP contribution in [-0.4, -0.2) is 214 Å². The zero-order chi connectivity index (χ0) is 93.4. The van der Waals surface area contributed by atoms with Crippen LogP contribution in [-0.2, 0) is 6.42 Å². The van der Waals surface area contributed by atoms with Gasteiger partial charge in [0, 0.05) is 165 Å². The van der Waals surface area contributed by atoms with Gasteiger partial charge in [0.2, 0.25) is 6.79 Å². The Balaban J connectivity index is 0.000000102. The van der Waals surface area contributed by atoms with Crippen LogP contribution < -0.4 is 75.8 Å². The van der Waals surface area contributed by atoms with Gasteiger partial charge < -0.3 is 80.2 Å². The van der Waals surface area contributed by atoms with E-state index < -0.39 is 0 Å². The Morgan fingerprint density at radius 3 is 1.17 bits per heavy atom. The molecule has 40 nitrogen and oxygen atoms in total. The van der Waals surface area contributed by atoms with Crippen LogP contribution in [0.2, 0.25) is 0 Å². The molecule has 6 fully saturated rings. The van der Waals surface area contributed by atoms with Gasteiger partial charge in [0.05, 0.1) is 126 Å². The fourth-order valence-electron chi connectivity index (χ4n) is 18.6. The molecule has 6 atom stereocenters. The molecule has 0 aliphatic carbocycles. The number of benzene rings is 1. The molecule has 0 spiro atoms. The molecule has 137 heavy (non-hydrogen) atoms. The van der Waals surface area contributed by atoms with Crippen molar-refractivity contribution < 1.29 is 13.9 Å². The number of nitrogens with one attached hydrogen (secondary N) is 7. The monoisotopic (exact) mass is 1900 g/mol. The molecule has 0 bridgehead atoms. The number of nitrogens with zero attached hydrogens (tertiary/aromatic N) is 24. The second-order valence-corrected chi connectivity index (χ2v) is 38.4. The van der Waals surface area contributed by atoms with E-state index in [0.717, 1.165) is 287 Å². The normalized spacial score (nSPS) is 18.9. The first kappa shape index (κ1) is 91.0. The fourth-order valence-corrected chi connectivity index (χ4v) is 20.7. The van der Waals surface area contributed by atoms with E-state index in [0.29, 0.717) is 87.7 Å². The largest absolute Gasteiger partial charge is 0.454 e. The molecule has 708 valence electrons. The van der Waals surface area contributed by atoms with Gasteiger partial charge in [-0.15, -0.1) is 22.7 Å². The van der Waals surface area contributed by atoms with Gasteiger partial charge in [0.25, 0.3) is 0 Å². The Morgan fingerprint density at radius 1 is 0.401 bits per heavy atom. The number of nitrogens with two attached hydrogens (primary N) is 6. The maximum Gasteiger partial charge on any atom is 0.231 e. The molecule has 25 rings (SSSR count). The lowest BCUT2D eigenvalue weighted by atomic mass is 9.96. The van der Waals surface area contributed by atoms with E-state index in [1.54, 1.807) is 86.9 Å². The van der Waals surface area contributed by atoms with Crippen LogP contribution in [0.3, 0.4) is 0 Å². The molecule has 6 unspecified atom stereocenters. The lowest BCUT2D eigenvalue weighted by molar-refractivity contribution is 0.174. The SMILES string of the molecule is CC(C)Cc1ncc(-c2cnn3c(N)cc(C4CCCNC4)nc23)s1.CSc1ncc(-c2cnn3c(N)cc(C4CCCNC4)nc23)cn1.Nc1cc(C2CCCNC2)nc2c(-c3ccc4c(c3)OCO4)cnn12.Nc1cc(C2CCCNC2)nc2c(-c3ccn[nH]3)cnn12.Nc1cc(C2CCCNC2)nc2c(-c3cnco3)cnn12.Nc1cc(C2CCCNC2)nc2c(-c3cncs3)cnn12. The number of anilines is 6. The Morgan fingerprint density at radius 2 is 0.788 bits per heavy atom. The van der Waals surface area contributed by atoms with Crippen molar-refractivity contribution in [1.29, 1.82) is 0 Å². The molecular formula is C94H111N37O3S3. The number of hydrogen-bond acceptors (Lipinski definition) is 36. The summed E-state index contributed by atoms with van der Waals surface area (Å²) >= 11 is 4.83. The Labute approximate surface area is 800 Å². The minimum absolute atomic E-state index is 0.261. The summed E-state index contributed by atoms with van der Waals surface area (Å²) in [5, 5.41) is 55.6. The van der Waals surface area contributed by atoms with Crippen molar-refractivity contribution in [2.24, 2.45) is 5.92 Å². The number of oxazole rings is 1. The summed E-state index contributed by atoms with van der Waals surface area (Å²) in [7, 11) is 0. The van der Waals surface area contributed by atoms with Gasteiger partial charge in [0.15, 0.2) is 62.7 Å². The second kappa shape index (κ2) is 41.4. The van der Waals surface area contributed by atoms with E-state index in [1.165, 1.54) is 37.4 Å². The molecule has 24 heterocycles. The van der Waals surface area contributed by atoms with E-state index in [4.69, 9.17) is 78.2 Å². The van der Waals surface area contributed by atoms with Crippen LogP contribution >= 0.6 is 34.4 Å². The van der Waals surface area contributed by atoms with Gasteiger partial charge in [-0.05, 0) is 152 Å². The molecule has 19 N–H and O–H groups in total. The van der Waals surface area contributed by atoms with Gasteiger partial charge in [0.1, 0.15) is 34.9 Å². The van der Waals surface area contributed by atoms with Crippen LogP contribution in [0, 0.1) is 5.92 Å². The number of hydrogen-bond donors (Lipinski definition) is 13. The molecule has 7 aliphatic rings. The first-order valence-corrected chi connectivity index (χ1v) is 49.7. The number of nitrogen functional groups attached to an aromatic ring is 6. The highest BCUT2D eigenvalue weighted by atomic mass is 32.2. The summed E-state index contributed by atoms with van der Waals surface area (Å²) in [6.45, 7) is 16.9. The van der Waals surface area contributed by atoms with Gasteiger partial charge in [-0.1, -0.05) is 31.7 Å². The van der Waals surface area contributed by atoms with Gasteiger partial charge in [-0.3, -0.25) is 10.1 Å². The van der Waals surface area contributed by atoms with E-state index >= 15 is 0 Å². The minimum atomic E-state index is 0.261. The molecule has 7 aliphatic heterocycles. The van der Waals surface area contributed by atoms with Gasteiger partial charge in [-0.2, -0.15) is 62.8 Å². The predicted molar refractivity (Wildman–Crippen MR) is 532 cm³/mol. The third-order valence-electron chi connectivity index (χ3n) is 25.8. The Bertz CT molecular complexity index is 6810. The smallest absolute Gasteiger partial charge is 0.231 e. The molecule has 1 aromatic carbocycles. The highest BCUT2D eigenvalue weighted by Gasteiger charge is 2.30. The zero-order valence-electron chi connectivity index (χ0n) is 76.4. The minimum Gasteiger partial charge on any atom is -0.454 e. The zero-order valence-corrected chi connectivity index (χ0v) is 78.9. The first-order chi connectivity index (χ1) is 67.1. The summed E-state index contributed by atoms with van der Waals surface area (Å²) in [6.07, 6.45) is 39.7. The van der Waals surface area contributed by atoms with E-state index in [2.05, 4.69) is 111 Å². The molecule has 43 heteroatoms. The third-order valence-corrected chi connectivity index (χ3v) is 28.2. The van der Waals surface area contributed by atoms with Crippen molar-refractivity contribution >= 4 is 103 Å². The summed E-state index contributed by atoms with van der Waals surface area (Å²) in [4.78, 5) is 52.6.